The third-order valence-electron chi connectivity index (χ3n) is 3.59. The minimum atomic E-state index is -0.471. The Morgan fingerprint density at radius 3 is 2.52 bits per heavy atom. The molecule has 0 fully saturated rings. The fourth-order valence-corrected chi connectivity index (χ4v) is 2.28. The minimum absolute atomic E-state index is 0.125. The normalized spacial score (nSPS) is 10.0. The Labute approximate surface area is 146 Å². The smallest absolute Gasteiger partial charge is 0.337 e. The molecule has 25 heavy (non-hydrogen) atoms. The molecule has 130 valence electrons. The summed E-state index contributed by atoms with van der Waals surface area (Å²) in [6, 6.07) is 13.7. The first-order valence-electron chi connectivity index (χ1n) is 7.83. The topological polar surface area (TPSA) is 84.5 Å². The number of amides is 2. The zero-order valence-electron chi connectivity index (χ0n) is 14.2. The number of carbonyl (C=O) groups is 3. The first kappa shape index (κ1) is 18.2. The fraction of sp³-hybridized carbons (Fsp3) is 0.211. The van der Waals surface area contributed by atoms with Crippen molar-refractivity contribution in [2.24, 2.45) is 0 Å². The lowest BCUT2D eigenvalue weighted by Gasteiger charge is -2.09. The maximum absolute atomic E-state index is 12.1. The molecular weight excluding hydrogens is 320 g/mol. The van der Waals surface area contributed by atoms with E-state index in [1.54, 1.807) is 30.3 Å². The summed E-state index contributed by atoms with van der Waals surface area (Å²) in [5.41, 5.74) is 2.32. The zero-order valence-corrected chi connectivity index (χ0v) is 14.2. The molecule has 0 spiro atoms. The number of nitrogens with one attached hydrogen (secondary N) is 2. The predicted molar refractivity (Wildman–Crippen MR) is 94.5 cm³/mol. The number of ether oxygens (including phenoxy) is 1. The van der Waals surface area contributed by atoms with E-state index in [1.165, 1.54) is 13.2 Å². The number of rotatable bonds is 6. The fourth-order valence-electron chi connectivity index (χ4n) is 2.28. The summed E-state index contributed by atoms with van der Waals surface area (Å²) >= 11 is 0. The zero-order chi connectivity index (χ0) is 18.2. The van der Waals surface area contributed by atoms with Crippen LogP contribution in [0.15, 0.2) is 48.5 Å². The van der Waals surface area contributed by atoms with Gasteiger partial charge in [-0.05, 0) is 36.8 Å². The Hall–Kier alpha value is -3.15. The lowest BCUT2D eigenvalue weighted by molar-refractivity contribution is -0.116. The van der Waals surface area contributed by atoms with Gasteiger partial charge in [-0.25, -0.2) is 4.79 Å². The highest BCUT2D eigenvalue weighted by atomic mass is 16.5. The maximum Gasteiger partial charge on any atom is 0.337 e. The monoisotopic (exact) mass is 340 g/mol. The molecule has 0 aliphatic rings. The van der Waals surface area contributed by atoms with Gasteiger partial charge >= 0.3 is 5.97 Å². The van der Waals surface area contributed by atoms with E-state index in [-0.39, 0.29) is 24.8 Å². The van der Waals surface area contributed by atoms with Crippen LogP contribution >= 0.6 is 0 Å². The molecule has 6 nitrogen and oxygen atoms in total. The molecule has 2 amide bonds. The summed E-state index contributed by atoms with van der Waals surface area (Å²) < 4.78 is 4.64. The third-order valence-corrected chi connectivity index (χ3v) is 3.59. The largest absolute Gasteiger partial charge is 0.465 e. The second-order valence-corrected chi connectivity index (χ2v) is 5.44. The number of anilines is 1. The van der Waals surface area contributed by atoms with Gasteiger partial charge in [0.1, 0.15) is 0 Å². The SMILES string of the molecule is COC(=O)c1cccc(NC(=O)CCNC(=O)c2ccccc2C)c1. The minimum Gasteiger partial charge on any atom is -0.465 e. The Balaban J connectivity index is 1.84. The molecule has 0 saturated heterocycles. The second kappa shape index (κ2) is 8.63. The molecule has 0 aromatic heterocycles. The van der Waals surface area contributed by atoms with Gasteiger partial charge in [0.25, 0.3) is 5.91 Å². The molecule has 0 saturated carbocycles. The first-order valence-corrected chi connectivity index (χ1v) is 7.83. The van der Waals surface area contributed by atoms with Gasteiger partial charge in [0.15, 0.2) is 0 Å². The number of benzene rings is 2. The lowest BCUT2D eigenvalue weighted by Crippen LogP contribution is -2.28. The van der Waals surface area contributed by atoms with Crippen LogP contribution in [-0.2, 0) is 9.53 Å². The van der Waals surface area contributed by atoms with Gasteiger partial charge in [-0.1, -0.05) is 24.3 Å². The van der Waals surface area contributed by atoms with Crippen LogP contribution in [0, 0.1) is 6.92 Å². The predicted octanol–water partition coefficient (Wildman–Crippen LogP) is 2.54. The van der Waals surface area contributed by atoms with Gasteiger partial charge in [0.2, 0.25) is 5.91 Å². The summed E-state index contributed by atoms with van der Waals surface area (Å²) in [6.07, 6.45) is 0.125. The average Bonchev–Trinajstić information content (AvgIpc) is 2.61. The molecular formula is C19H20N2O4. The van der Waals surface area contributed by atoms with E-state index in [1.807, 2.05) is 19.1 Å². The van der Waals surface area contributed by atoms with E-state index in [0.29, 0.717) is 16.8 Å². The number of hydrogen-bond donors (Lipinski definition) is 2. The molecule has 0 heterocycles. The number of methoxy groups -OCH3 is 1. The van der Waals surface area contributed by atoms with Gasteiger partial charge in [-0.2, -0.15) is 0 Å². The van der Waals surface area contributed by atoms with E-state index in [0.717, 1.165) is 5.56 Å². The van der Waals surface area contributed by atoms with Crippen LogP contribution in [0.5, 0.6) is 0 Å². The van der Waals surface area contributed by atoms with E-state index in [9.17, 15) is 14.4 Å². The highest BCUT2D eigenvalue weighted by molar-refractivity contribution is 5.97. The molecule has 0 atom stereocenters. The van der Waals surface area contributed by atoms with Crippen molar-refractivity contribution >= 4 is 23.5 Å². The molecule has 0 bridgehead atoms. The Morgan fingerprint density at radius 2 is 1.80 bits per heavy atom. The van der Waals surface area contributed by atoms with Crippen LogP contribution in [0.2, 0.25) is 0 Å². The number of aryl methyl sites for hydroxylation is 1. The van der Waals surface area contributed by atoms with Crippen molar-refractivity contribution in [1.29, 1.82) is 0 Å². The average molecular weight is 340 g/mol. The molecule has 2 aromatic rings. The number of esters is 1. The molecule has 0 aliphatic carbocycles. The summed E-state index contributed by atoms with van der Waals surface area (Å²) in [7, 11) is 1.30. The van der Waals surface area contributed by atoms with Crippen LogP contribution in [0.4, 0.5) is 5.69 Å². The standard InChI is InChI=1S/C19H20N2O4/c1-13-6-3-4-9-16(13)18(23)20-11-10-17(22)21-15-8-5-7-14(12-15)19(24)25-2/h3-9,12H,10-11H2,1-2H3,(H,20,23)(H,21,22). The second-order valence-electron chi connectivity index (χ2n) is 5.44. The van der Waals surface area contributed by atoms with E-state index in [2.05, 4.69) is 15.4 Å². The highest BCUT2D eigenvalue weighted by Crippen LogP contribution is 2.12. The van der Waals surface area contributed by atoms with E-state index >= 15 is 0 Å². The summed E-state index contributed by atoms with van der Waals surface area (Å²) in [5.74, 6) is -0.938. The Morgan fingerprint density at radius 1 is 1.04 bits per heavy atom. The number of carbonyl (C=O) groups excluding carboxylic acids is 3. The first-order chi connectivity index (χ1) is 12.0. The maximum atomic E-state index is 12.1. The Kier molecular flexibility index (Phi) is 6.28. The summed E-state index contributed by atoms with van der Waals surface area (Å²) in [6.45, 7) is 2.08. The van der Waals surface area contributed by atoms with Crippen LogP contribution in [0.25, 0.3) is 0 Å². The van der Waals surface area contributed by atoms with E-state index in [4.69, 9.17) is 0 Å². The number of hydrogen-bond acceptors (Lipinski definition) is 4. The molecule has 6 heteroatoms. The molecule has 0 radical (unpaired) electrons. The van der Waals surface area contributed by atoms with Gasteiger partial charge in [0, 0.05) is 24.2 Å². The quantitative estimate of drug-likeness (QED) is 0.792. The van der Waals surface area contributed by atoms with Crippen LogP contribution in [-0.4, -0.2) is 31.4 Å². The molecule has 2 rings (SSSR count). The van der Waals surface area contributed by atoms with Crippen LogP contribution < -0.4 is 10.6 Å². The van der Waals surface area contributed by atoms with Crippen molar-refractivity contribution in [3.63, 3.8) is 0 Å². The van der Waals surface area contributed by atoms with Crippen molar-refractivity contribution in [3.8, 4) is 0 Å². The Bertz CT molecular complexity index is 786. The van der Waals surface area contributed by atoms with Gasteiger partial charge in [-0.3, -0.25) is 9.59 Å². The summed E-state index contributed by atoms with van der Waals surface area (Å²) in [4.78, 5) is 35.5. The molecule has 2 aromatic carbocycles. The van der Waals surface area contributed by atoms with Crippen LogP contribution in [0.3, 0.4) is 0 Å². The lowest BCUT2D eigenvalue weighted by atomic mass is 10.1. The molecule has 2 N–H and O–H groups in total. The van der Waals surface area contributed by atoms with Crippen LogP contribution in [0.1, 0.15) is 32.7 Å². The van der Waals surface area contributed by atoms with Crippen molar-refractivity contribution in [1.82, 2.24) is 5.32 Å². The third kappa shape index (κ3) is 5.17. The van der Waals surface area contributed by atoms with Crippen molar-refractivity contribution in [2.45, 2.75) is 13.3 Å². The molecule has 0 aliphatic heterocycles. The van der Waals surface area contributed by atoms with Gasteiger partial charge < -0.3 is 15.4 Å². The van der Waals surface area contributed by atoms with Gasteiger partial charge in [-0.15, -0.1) is 0 Å². The van der Waals surface area contributed by atoms with Gasteiger partial charge in [0.05, 0.1) is 12.7 Å². The van der Waals surface area contributed by atoms with Crippen molar-refractivity contribution < 1.29 is 19.1 Å². The van der Waals surface area contributed by atoms with E-state index < -0.39 is 5.97 Å². The molecule has 0 unspecified atom stereocenters. The van der Waals surface area contributed by atoms with Crippen molar-refractivity contribution in [3.05, 3.63) is 65.2 Å². The highest BCUT2D eigenvalue weighted by Gasteiger charge is 2.10. The summed E-state index contributed by atoms with van der Waals surface area (Å²) in [5, 5.41) is 5.41. The van der Waals surface area contributed by atoms with Crippen molar-refractivity contribution in [2.75, 3.05) is 19.0 Å².